The van der Waals surface area contributed by atoms with Crippen LogP contribution < -0.4 is 5.32 Å². The molecule has 0 aliphatic carbocycles. The number of nitrogens with one attached hydrogen (secondary N) is 2. The highest BCUT2D eigenvalue weighted by molar-refractivity contribution is 5.85. The highest BCUT2D eigenvalue weighted by atomic mass is 16.1. The van der Waals surface area contributed by atoms with E-state index in [-0.39, 0.29) is 11.9 Å². The Labute approximate surface area is 121 Å². The molecule has 1 unspecified atom stereocenters. The minimum Gasteiger partial charge on any atom is -0.346 e. The molecular weight excluding hydrogens is 266 g/mol. The highest BCUT2D eigenvalue weighted by Crippen LogP contribution is 2.16. The number of nitrogens with zero attached hydrogens (tertiary/aromatic N) is 3. The summed E-state index contributed by atoms with van der Waals surface area (Å²) in [6, 6.07) is 13.9. The number of benzene rings is 2. The normalized spacial score (nSPS) is 12.2. The van der Waals surface area contributed by atoms with Gasteiger partial charge < -0.3 is 5.32 Å². The molecule has 21 heavy (non-hydrogen) atoms. The zero-order valence-corrected chi connectivity index (χ0v) is 11.6. The molecule has 1 atom stereocenters. The molecule has 3 aromatic rings. The van der Waals surface area contributed by atoms with Gasteiger partial charge in [-0.3, -0.25) is 4.79 Å². The van der Waals surface area contributed by atoms with E-state index in [1.165, 1.54) is 5.39 Å². The molecule has 6 nitrogen and oxygen atoms in total. The fourth-order valence-corrected chi connectivity index (χ4v) is 2.24. The second-order valence-corrected chi connectivity index (χ2v) is 4.92. The van der Waals surface area contributed by atoms with Gasteiger partial charge in [-0.2, -0.15) is 5.21 Å². The summed E-state index contributed by atoms with van der Waals surface area (Å²) in [6.45, 7) is 1.82. The molecule has 0 radical (unpaired) electrons. The number of H-pyrrole nitrogens is 1. The summed E-state index contributed by atoms with van der Waals surface area (Å²) in [5.74, 6) is 0.407. The van der Waals surface area contributed by atoms with Gasteiger partial charge in [-0.05, 0) is 23.3 Å². The molecule has 1 heterocycles. The number of aromatic amines is 1. The Morgan fingerprint density at radius 1 is 1.24 bits per heavy atom. The number of hydrogen-bond acceptors (Lipinski definition) is 4. The van der Waals surface area contributed by atoms with Crippen LogP contribution in [0.25, 0.3) is 10.8 Å². The van der Waals surface area contributed by atoms with Gasteiger partial charge in [-0.1, -0.05) is 47.7 Å². The molecule has 0 saturated carbocycles. The summed E-state index contributed by atoms with van der Waals surface area (Å²) >= 11 is 0. The van der Waals surface area contributed by atoms with Crippen molar-refractivity contribution in [1.82, 2.24) is 25.9 Å². The minimum atomic E-state index is -0.267. The Bertz CT molecular complexity index is 754. The number of aromatic nitrogens is 4. The Morgan fingerprint density at radius 3 is 2.81 bits per heavy atom. The van der Waals surface area contributed by atoms with E-state index in [0.717, 1.165) is 10.9 Å². The summed E-state index contributed by atoms with van der Waals surface area (Å²) in [7, 11) is 0. The summed E-state index contributed by atoms with van der Waals surface area (Å²) in [5, 5.41) is 18.7. The molecule has 3 rings (SSSR count). The Balaban J connectivity index is 1.68. The standard InChI is InChI=1S/C15H15N5O/c1-10(15-17-19-20-18-15)16-14(21)9-11-6-7-12-4-2-3-5-13(12)8-11/h2-8,10H,9H2,1H3,(H,16,21)(H,17,18,19,20). The van der Waals surface area contributed by atoms with Crippen LogP contribution in [-0.4, -0.2) is 26.5 Å². The molecule has 0 spiro atoms. The third-order valence-electron chi connectivity index (χ3n) is 3.31. The van der Waals surface area contributed by atoms with Crippen molar-refractivity contribution in [3.8, 4) is 0 Å². The van der Waals surface area contributed by atoms with Crippen LogP contribution in [0.3, 0.4) is 0 Å². The Hall–Kier alpha value is -2.76. The van der Waals surface area contributed by atoms with E-state index in [1.807, 2.05) is 43.3 Å². The second kappa shape index (κ2) is 5.70. The number of hydrogen-bond donors (Lipinski definition) is 2. The smallest absolute Gasteiger partial charge is 0.225 e. The largest absolute Gasteiger partial charge is 0.346 e. The van der Waals surface area contributed by atoms with Crippen molar-refractivity contribution in [2.24, 2.45) is 0 Å². The molecule has 2 N–H and O–H groups in total. The number of tetrazole rings is 1. The van der Waals surface area contributed by atoms with Crippen LogP contribution >= 0.6 is 0 Å². The SMILES string of the molecule is CC(NC(=O)Cc1ccc2ccccc2c1)c1nn[nH]n1. The minimum absolute atomic E-state index is 0.0671. The molecule has 106 valence electrons. The number of fused-ring (bicyclic) bond motifs is 1. The van der Waals surface area contributed by atoms with E-state index in [2.05, 4.69) is 32.0 Å². The number of amides is 1. The zero-order valence-electron chi connectivity index (χ0n) is 11.6. The van der Waals surface area contributed by atoms with Gasteiger partial charge >= 0.3 is 0 Å². The van der Waals surface area contributed by atoms with Crippen LogP contribution in [0.5, 0.6) is 0 Å². The average Bonchev–Trinajstić information content (AvgIpc) is 3.01. The molecule has 2 aromatic carbocycles. The summed E-state index contributed by atoms with van der Waals surface area (Å²) < 4.78 is 0. The van der Waals surface area contributed by atoms with Crippen LogP contribution in [0.4, 0.5) is 0 Å². The molecular formula is C15H15N5O. The van der Waals surface area contributed by atoms with Crippen molar-refractivity contribution >= 4 is 16.7 Å². The topological polar surface area (TPSA) is 83.6 Å². The second-order valence-electron chi connectivity index (χ2n) is 4.92. The van der Waals surface area contributed by atoms with Gasteiger partial charge in [0, 0.05) is 0 Å². The maximum Gasteiger partial charge on any atom is 0.225 e. The predicted molar refractivity (Wildman–Crippen MR) is 78.4 cm³/mol. The van der Waals surface area contributed by atoms with Crippen molar-refractivity contribution in [3.63, 3.8) is 0 Å². The molecule has 0 saturated heterocycles. The molecule has 1 amide bonds. The maximum absolute atomic E-state index is 12.1. The Morgan fingerprint density at radius 2 is 2.05 bits per heavy atom. The molecule has 0 aliphatic heterocycles. The van der Waals surface area contributed by atoms with Crippen LogP contribution in [0.2, 0.25) is 0 Å². The van der Waals surface area contributed by atoms with E-state index >= 15 is 0 Å². The van der Waals surface area contributed by atoms with Gasteiger partial charge in [-0.15, -0.1) is 10.2 Å². The lowest BCUT2D eigenvalue weighted by atomic mass is 10.0. The molecule has 1 aromatic heterocycles. The summed E-state index contributed by atoms with van der Waals surface area (Å²) in [4.78, 5) is 12.1. The lowest BCUT2D eigenvalue weighted by Gasteiger charge is -2.10. The monoisotopic (exact) mass is 281 g/mol. The molecule has 6 heteroatoms. The van der Waals surface area contributed by atoms with Crippen LogP contribution in [0, 0.1) is 0 Å². The lowest BCUT2D eigenvalue weighted by molar-refractivity contribution is -0.121. The third kappa shape index (κ3) is 3.05. The Kier molecular flexibility index (Phi) is 3.59. The first-order chi connectivity index (χ1) is 10.2. The van der Waals surface area contributed by atoms with E-state index in [0.29, 0.717) is 12.2 Å². The van der Waals surface area contributed by atoms with E-state index in [4.69, 9.17) is 0 Å². The molecule has 0 bridgehead atoms. The van der Waals surface area contributed by atoms with Gasteiger partial charge in [0.05, 0.1) is 12.5 Å². The van der Waals surface area contributed by atoms with Gasteiger partial charge in [0.15, 0.2) is 5.82 Å². The molecule has 0 aliphatic rings. The fourth-order valence-electron chi connectivity index (χ4n) is 2.24. The van der Waals surface area contributed by atoms with Gasteiger partial charge in [0.25, 0.3) is 0 Å². The van der Waals surface area contributed by atoms with Crippen LogP contribution in [0.15, 0.2) is 42.5 Å². The first kappa shape index (κ1) is 13.2. The van der Waals surface area contributed by atoms with E-state index in [1.54, 1.807) is 0 Å². The van der Waals surface area contributed by atoms with Crippen molar-refractivity contribution in [3.05, 3.63) is 53.9 Å². The lowest BCUT2D eigenvalue weighted by Crippen LogP contribution is -2.28. The number of carbonyl (C=O) groups excluding carboxylic acids is 1. The van der Waals surface area contributed by atoms with Gasteiger partial charge in [0.1, 0.15) is 0 Å². The fraction of sp³-hybridized carbons (Fsp3) is 0.200. The predicted octanol–water partition coefficient (Wildman–Crippen LogP) is 1.77. The van der Waals surface area contributed by atoms with Gasteiger partial charge in [0.2, 0.25) is 5.91 Å². The van der Waals surface area contributed by atoms with Crippen molar-refractivity contribution in [2.45, 2.75) is 19.4 Å². The van der Waals surface area contributed by atoms with Crippen LogP contribution in [-0.2, 0) is 11.2 Å². The summed E-state index contributed by atoms with van der Waals surface area (Å²) in [6.07, 6.45) is 0.326. The van der Waals surface area contributed by atoms with Crippen molar-refractivity contribution in [1.29, 1.82) is 0 Å². The van der Waals surface area contributed by atoms with Gasteiger partial charge in [-0.25, -0.2) is 0 Å². The first-order valence-electron chi connectivity index (χ1n) is 6.73. The summed E-state index contributed by atoms with van der Waals surface area (Å²) in [5.41, 5.74) is 0.978. The quantitative estimate of drug-likeness (QED) is 0.763. The van der Waals surface area contributed by atoms with E-state index < -0.39 is 0 Å². The highest BCUT2D eigenvalue weighted by Gasteiger charge is 2.13. The maximum atomic E-state index is 12.1. The van der Waals surface area contributed by atoms with Crippen molar-refractivity contribution < 1.29 is 4.79 Å². The average molecular weight is 281 g/mol. The van der Waals surface area contributed by atoms with E-state index in [9.17, 15) is 4.79 Å². The van der Waals surface area contributed by atoms with Crippen LogP contribution in [0.1, 0.15) is 24.4 Å². The molecule has 0 fully saturated rings. The number of rotatable bonds is 4. The van der Waals surface area contributed by atoms with Crippen molar-refractivity contribution in [2.75, 3.05) is 0 Å². The first-order valence-corrected chi connectivity index (χ1v) is 6.73. The zero-order chi connectivity index (χ0) is 14.7. The number of carbonyl (C=O) groups is 1. The third-order valence-corrected chi connectivity index (χ3v) is 3.31.